The Balaban J connectivity index is 5.30. The highest BCUT2D eigenvalue weighted by molar-refractivity contribution is 14.1. The van der Waals surface area contributed by atoms with Gasteiger partial charge in [0.2, 0.25) is 1.24 Å². The molecule has 0 heterocycles. The number of rotatable bonds is 2. The van der Waals surface area contributed by atoms with Gasteiger partial charge in [0, 0.05) is 0 Å². The van der Waals surface area contributed by atoms with Crippen LogP contribution < -0.4 is 0 Å². The fourth-order valence-electron chi connectivity index (χ4n) is 0.356. The second-order valence-corrected chi connectivity index (χ2v) is 10.2. The van der Waals surface area contributed by atoms with Gasteiger partial charge in [-0.3, -0.25) is 0 Å². The maximum absolute atomic E-state index is 12.6. The van der Waals surface area contributed by atoms with Crippen LogP contribution in [0.15, 0.2) is 0 Å². The van der Waals surface area contributed by atoms with E-state index in [1.54, 1.807) is 0 Å². The Bertz CT molecular complexity index is 193. The minimum Gasteiger partial charge on any atom is -0.196 e. The third-order valence-electron chi connectivity index (χ3n) is 1.11. The Labute approximate surface area is 104 Å². The van der Waals surface area contributed by atoms with E-state index in [0.29, 0.717) is 22.6 Å². The molecule has 0 aromatic rings. The first kappa shape index (κ1) is 15.2. The van der Waals surface area contributed by atoms with E-state index in [2.05, 4.69) is 0 Å². The molecule has 0 aliphatic rings. The molecule has 0 spiro atoms. The quantitative estimate of drug-likeness (QED) is 0.314. The number of alkyl halides is 10. The minimum absolute atomic E-state index is 0.688. The van der Waals surface area contributed by atoms with Crippen LogP contribution in [0.1, 0.15) is 0 Å². The summed E-state index contributed by atoms with van der Waals surface area (Å²) in [5, 5.41) is 0. The standard InChI is InChI=1S/C4Br2F7I/c5-3(6,14)1(7,8)2(9,10)4(11,12)13. The first-order valence-electron chi connectivity index (χ1n) is 2.64. The largest absolute Gasteiger partial charge is 0.459 e. The predicted octanol–water partition coefficient (Wildman–Crippen LogP) is 4.70. The van der Waals surface area contributed by atoms with Gasteiger partial charge in [-0.25, -0.2) is 0 Å². The van der Waals surface area contributed by atoms with Crippen molar-refractivity contribution in [1.29, 1.82) is 0 Å². The van der Waals surface area contributed by atoms with E-state index in [1.807, 2.05) is 31.9 Å². The highest BCUT2D eigenvalue weighted by atomic mass is 127. The van der Waals surface area contributed by atoms with E-state index in [0.717, 1.165) is 0 Å². The van der Waals surface area contributed by atoms with Crippen LogP contribution in [0.4, 0.5) is 30.7 Å². The molecule has 0 saturated carbocycles. The van der Waals surface area contributed by atoms with Crippen molar-refractivity contribution >= 4 is 54.5 Å². The molecule has 0 aliphatic carbocycles. The monoisotopic (exact) mass is 466 g/mol. The van der Waals surface area contributed by atoms with E-state index in [4.69, 9.17) is 0 Å². The molecule has 0 fully saturated rings. The summed E-state index contributed by atoms with van der Waals surface area (Å²) >= 11 is 4.69. The molecule has 0 radical (unpaired) electrons. The zero-order valence-electron chi connectivity index (χ0n) is 5.78. The third-order valence-corrected chi connectivity index (χ3v) is 2.78. The average Bonchev–Trinajstić information content (AvgIpc) is 1.81. The zero-order valence-corrected chi connectivity index (χ0v) is 11.1. The van der Waals surface area contributed by atoms with Crippen LogP contribution >= 0.6 is 54.5 Å². The van der Waals surface area contributed by atoms with Gasteiger partial charge in [-0.2, -0.15) is 30.7 Å². The fourth-order valence-corrected chi connectivity index (χ4v) is 1.19. The molecule has 0 atom stereocenters. The molecule has 0 amide bonds. The van der Waals surface area contributed by atoms with Crippen LogP contribution in [0.25, 0.3) is 0 Å². The molecule has 0 saturated heterocycles. The molecule has 0 nitrogen and oxygen atoms in total. The van der Waals surface area contributed by atoms with Gasteiger partial charge in [-0.05, 0) is 22.6 Å². The molecule has 14 heavy (non-hydrogen) atoms. The molecular formula is C4Br2F7I. The van der Waals surface area contributed by atoms with Gasteiger partial charge in [0.25, 0.3) is 0 Å². The van der Waals surface area contributed by atoms with E-state index < -0.39 is 19.3 Å². The molecule has 0 rings (SSSR count). The lowest BCUT2D eigenvalue weighted by Crippen LogP contribution is -2.57. The van der Waals surface area contributed by atoms with Crippen LogP contribution in [-0.4, -0.2) is 19.3 Å². The van der Waals surface area contributed by atoms with Crippen LogP contribution in [0.2, 0.25) is 0 Å². The molecule has 86 valence electrons. The number of halogens is 10. The summed E-state index contributed by atoms with van der Waals surface area (Å²) in [6.45, 7) is 0. The van der Waals surface area contributed by atoms with Crippen molar-refractivity contribution in [2.75, 3.05) is 0 Å². The van der Waals surface area contributed by atoms with E-state index >= 15 is 0 Å². The SMILES string of the molecule is FC(F)(F)C(F)(F)C(F)(F)C(Br)(Br)I. The first-order chi connectivity index (χ1) is 5.75. The zero-order chi connectivity index (χ0) is 12.0. The Kier molecular flexibility index (Phi) is 4.23. The van der Waals surface area contributed by atoms with Crippen LogP contribution in [-0.2, 0) is 0 Å². The lowest BCUT2D eigenvalue weighted by molar-refractivity contribution is -0.350. The Morgan fingerprint density at radius 1 is 0.714 bits per heavy atom. The normalized spacial score (nSPS) is 15.9. The molecule has 0 aromatic heterocycles. The highest BCUT2D eigenvalue weighted by Crippen LogP contribution is 2.58. The van der Waals surface area contributed by atoms with Gasteiger partial charge in [0.15, 0.2) is 0 Å². The Morgan fingerprint density at radius 2 is 1.00 bits per heavy atom. The molecular weight excluding hydrogens is 468 g/mol. The van der Waals surface area contributed by atoms with Crippen molar-refractivity contribution in [3.8, 4) is 0 Å². The summed E-state index contributed by atoms with van der Waals surface area (Å²) in [5.74, 6) is -11.4. The molecule has 0 aliphatic heterocycles. The molecule has 0 aromatic carbocycles. The van der Waals surface area contributed by atoms with Crippen molar-refractivity contribution in [3.05, 3.63) is 0 Å². The smallest absolute Gasteiger partial charge is 0.196 e. The van der Waals surface area contributed by atoms with Gasteiger partial charge in [0.1, 0.15) is 0 Å². The second-order valence-electron chi connectivity index (χ2n) is 2.14. The van der Waals surface area contributed by atoms with Crippen molar-refractivity contribution in [3.63, 3.8) is 0 Å². The summed E-state index contributed by atoms with van der Waals surface area (Å²) in [6, 6.07) is 0. The third kappa shape index (κ3) is 2.47. The summed E-state index contributed by atoms with van der Waals surface area (Å²) in [5.41, 5.74) is 0. The van der Waals surface area contributed by atoms with Crippen molar-refractivity contribution in [2.45, 2.75) is 19.3 Å². The topological polar surface area (TPSA) is 0 Å². The van der Waals surface area contributed by atoms with Gasteiger partial charge in [0.05, 0.1) is 0 Å². The van der Waals surface area contributed by atoms with Crippen molar-refractivity contribution < 1.29 is 30.7 Å². The van der Waals surface area contributed by atoms with Crippen LogP contribution in [0.3, 0.4) is 0 Å². The fraction of sp³-hybridized carbons (Fsp3) is 1.00. The van der Waals surface area contributed by atoms with Gasteiger partial charge >= 0.3 is 18.0 Å². The van der Waals surface area contributed by atoms with Gasteiger partial charge in [-0.15, -0.1) is 0 Å². The van der Waals surface area contributed by atoms with Crippen molar-refractivity contribution in [1.82, 2.24) is 0 Å². The summed E-state index contributed by atoms with van der Waals surface area (Å²) in [4.78, 5) is 0. The van der Waals surface area contributed by atoms with Gasteiger partial charge in [-0.1, -0.05) is 31.9 Å². The van der Waals surface area contributed by atoms with E-state index in [1.165, 1.54) is 0 Å². The summed E-state index contributed by atoms with van der Waals surface area (Å²) in [7, 11) is 0. The predicted molar refractivity (Wildman–Crippen MR) is 50.6 cm³/mol. The maximum atomic E-state index is 12.6. The molecule has 0 unspecified atom stereocenters. The maximum Gasteiger partial charge on any atom is 0.459 e. The molecule has 0 bridgehead atoms. The van der Waals surface area contributed by atoms with Crippen LogP contribution in [0.5, 0.6) is 0 Å². The molecule has 10 heteroatoms. The van der Waals surface area contributed by atoms with Crippen LogP contribution in [0, 0.1) is 0 Å². The van der Waals surface area contributed by atoms with E-state index in [9.17, 15) is 30.7 Å². The number of hydrogen-bond donors (Lipinski definition) is 0. The van der Waals surface area contributed by atoms with E-state index in [-0.39, 0.29) is 0 Å². The summed E-state index contributed by atoms with van der Waals surface area (Å²) in [6.07, 6.45) is -6.31. The van der Waals surface area contributed by atoms with Crippen molar-refractivity contribution in [2.24, 2.45) is 0 Å². The lowest BCUT2D eigenvalue weighted by Gasteiger charge is -2.33. The Hall–Kier alpha value is 1.20. The summed E-state index contributed by atoms with van der Waals surface area (Å²) < 4.78 is 81.7. The highest BCUT2D eigenvalue weighted by Gasteiger charge is 2.78. The number of hydrogen-bond acceptors (Lipinski definition) is 0. The Morgan fingerprint density at radius 3 is 1.07 bits per heavy atom. The molecule has 0 N–H and O–H groups in total. The average molecular weight is 468 g/mol. The minimum atomic E-state index is -6.31. The first-order valence-corrected chi connectivity index (χ1v) is 5.30. The van der Waals surface area contributed by atoms with Gasteiger partial charge < -0.3 is 0 Å². The second kappa shape index (κ2) is 3.90. The lowest BCUT2D eigenvalue weighted by atomic mass is 10.2.